The number of benzene rings is 2. The van der Waals surface area contributed by atoms with E-state index in [1.807, 2.05) is 17.8 Å². The van der Waals surface area contributed by atoms with Gasteiger partial charge in [0.2, 0.25) is 0 Å². The zero-order valence-corrected chi connectivity index (χ0v) is 16.8. The smallest absolute Gasteiger partial charge is 0.188 e. The molecule has 0 aromatic heterocycles. The maximum absolute atomic E-state index is 6.00. The molecule has 128 valence electrons. The lowest BCUT2D eigenvalue weighted by Gasteiger charge is -2.13. The van der Waals surface area contributed by atoms with Crippen molar-refractivity contribution in [2.75, 3.05) is 13.1 Å². The van der Waals surface area contributed by atoms with Crippen molar-refractivity contribution in [2.24, 2.45) is 10.7 Å². The average molecular weight is 453 g/mol. The summed E-state index contributed by atoms with van der Waals surface area (Å²) in [4.78, 5) is 5.86. The minimum atomic E-state index is 0. The van der Waals surface area contributed by atoms with Crippen molar-refractivity contribution in [3.63, 3.8) is 0 Å². The van der Waals surface area contributed by atoms with E-state index in [0.717, 1.165) is 19.5 Å². The standard InChI is InChI=1S/C19H23N3S.HI/c20-18(21-14-11-16-7-3-1-4-8-16)22-15-19(12-13-19)23-17-9-5-2-6-10-17;/h1-10H,11-15H2,(H3,20,21,22);1H. The van der Waals surface area contributed by atoms with Crippen LogP contribution in [0.1, 0.15) is 18.4 Å². The molecule has 3 rings (SSSR count). The van der Waals surface area contributed by atoms with Gasteiger partial charge in [-0.3, -0.25) is 4.99 Å². The van der Waals surface area contributed by atoms with E-state index >= 15 is 0 Å². The molecule has 0 bridgehead atoms. The van der Waals surface area contributed by atoms with Gasteiger partial charge in [-0.05, 0) is 37.0 Å². The normalized spacial score (nSPS) is 15.4. The molecule has 3 nitrogen and oxygen atoms in total. The summed E-state index contributed by atoms with van der Waals surface area (Å²) in [6, 6.07) is 21.0. The number of nitrogens with two attached hydrogens (primary N) is 1. The highest BCUT2D eigenvalue weighted by atomic mass is 127. The van der Waals surface area contributed by atoms with E-state index < -0.39 is 0 Å². The summed E-state index contributed by atoms with van der Waals surface area (Å²) in [5.41, 5.74) is 7.31. The number of hydrogen-bond acceptors (Lipinski definition) is 2. The summed E-state index contributed by atoms with van der Waals surface area (Å²) in [6.45, 7) is 1.61. The number of nitrogens with one attached hydrogen (secondary N) is 1. The molecule has 5 heteroatoms. The second-order valence-corrected chi connectivity index (χ2v) is 7.50. The molecule has 1 aliphatic carbocycles. The minimum absolute atomic E-state index is 0. The predicted octanol–water partition coefficient (Wildman–Crippen LogP) is 4.08. The molecule has 1 fully saturated rings. The largest absolute Gasteiger partial charge is 0.370 e. The Morgan fingerprint density at radius 1 is 1.04 bits per heavy atom. The molecule has 3 N–H and O–H groups in total. The third kappa shape index (κ3) is 6.02. The van der Waals surface area contributed by atoms with E-state index in [9.17, 15) is 0 Å². The van der Waals surface area contributed by atoms with Crippen molar-refractivity contribution >= 4 is 41.7 Å². The summed E-state index contributed by atoms with van der Waals surface area (Å²) in [7, 11) is 0. The van der Waals surface area contributed by atoms with Crippen LogP contribution in [0.15, 0.2) is 70.6 Å². The molecule has 0 spiro atoms. The van der Waals surface area contributed by atoms with Gasteiger partial charge < -0.3 is 11.1 Å². The molecule has 0 saturated heterocycles. The molecule has 0 unspecified atom stereocenters. The van der Waals surface area contributed by atoms with Crippen LogP contribution in [-0.4, -0.2) is 23.8 Å². The molecule has 2 aromatic carbocycles. The van der Waals surface area contributed by atoms with Crippen LogP contribution in [-0.2, 0) is 6.42 Å². The van der Waals surface area contributed by atoms with Crippen LogP contribution in [0.2, 0.25) is 0 Å². The molecule has 1 aliphatic rings. The molecule has 2 aromatic rings. The Morgan fingerprint density at radius 2 is 1.67 bits per heavy atom. The van der Waals surface area contributed by atoms with Crippen LogP contribution in [0, 0.1) is 0 Å². The van der Waals surface area contributed by atoms with Gasteiger partial charge in [0.15, 0.2) is 5.96 Å². The molecule has 0 atom stereocenters. The Hall–Kier alpha value is -1.21. The molecular weight excluding hydrogens is 429 g/mol. The monoisotopic (exact) mass is 453 g/mol. The maximum Gasteiger partial charge on any atom is 0.188 e. The van der Waals surface area contributed by atoms with Crippen molar-refractivity contribution < 1.29 is 0 Å². The SMILES string of the molecule is I.NC(=NCC1(Sc2ccccc2)CC1)NCCc1ccccc1. The average Bonchev–Trinajstić information content (AvgIpc) is 3.35. The van der Waals surface area contributed by atoms with Gasteiger partial charge in [-0.2, -0.15) is 0 Å². The van der Waals surface area contributed by atoms with Gasteiger partial charge in [-0.25, -0.2) is 0 Å². The molecule has 0 heterocycles. The third-order valence-corrected chi connectivity index (χ3v) is 5.46. The van der Waals surface area contributed by atoms with Gasteiger partial charge in [0.1, 0.15) is 0 Å². The summed E-state index contributed by atoms with van der Waals surface area (Å²) in [5, 5.41) is 3.21. The van der Waals surface area contributed by atoms with E-state index in [0.29, 0.717) is 5.96 Å². The molecule has 1 saturated carbocycles. The first-order valence-electron chi connectivity index (χ1n) is 8.08. The van der Waals surface area contributed by atoms with Crippen LogP contribution in [0.3, 0.4) is 0 Å². The van der Waals surface area contributed by atoms with Crippen LogP contribution in [0.4, 0.5) is 0 Å². The molecule has 0 amide bonds. The number of hydrogen-bond donors (Lipinski definition) is 2. The number of rotatable bonds is 7. The van der Waals surface area contributed by atoms with Crippen LogP contribution in [0.5, 0.6) is 0 Å². The Balaban J connectivity index is 0.00000208. The van der Waals surface area contributed by atoms with Gasteiger partial charge >= 0.3 is 0 Å². The molecule has 0 radical (unpaired) electrons. The van der Waals surface area contributed by atoms with Gasteiger partial charge in [0.05, 0.1) is 6.54 Å². The van der Waals surface area contributed by atoms with Gasteiger partial charge in [0, 0.05) is 16.2 Å². The Morgan fingerprint density at radius 3 is 2.29 bits per heavy atom. The maximum atomic E-state index is 6.00. The van der Waals surface area contributed by atoms with Gasteiger partial charge in [-0.1, -0.05) is 48.5 Å². The first kappa shape index (κ1) is 19.1. The second kappa shape index (κ2) is 9.32. The number of thioether (sulfide) groups is 1. The summed E-state index contributed by atoms with van der Waals surface area (Å²) in [5.74, 6) is 0.556. The highest BCUT2D eigenvalue weighted by Gasteiger charge is 2.43. The van der Waals surface area contributed by atoms with Crippen molar-refractivity contribution in [1.82, 2.24) is 5.32 Å². The van der Waals surface area contributed by atoms with Crippen LogP contribution >= 0.6 is 35.7 Å². The summed E-state index contributed by atoms with van der Waals surface area (Å²) < 4.78 is 0.257. The van der Waals surface area contributed by atoms with Crippen LogP contribution in [0.25, 0.3) is 0 Å². The highest BCUT2D eigenvalue weighted by Crippen LogP contribution is 2.51. The van der Waals surface area contributed by atoms with E-state index in [-0.39, 0.29) is 28.7 Å². The predicted molar refractivity (Wildman–Crippen MR) is 114 cm³/mol. The molecule has 0 aliphatic heterocycles. The lowest BCUT2D eigenvalue weighted by molar-refractivity contribution is 0.832. The van der Waals surface area contributed by atoms with E-state index in [2.05, 4.69) is 64.9 Å². The van der Waals surface area contributed by atoms with Crippen molar-refractivity contribution in [2.45, 2.75) is 28.9 Å². The fraction of sp³-hybridized carbons (Fsp3) is 0.316. The number of aliphatic imine (C=N–C) groups is 1. The Bertz CT molecular complexity index is 642. The quantitative estimate of drug-likeness (QED) is 0.378. The first-order valence-corrected chi connectivity index (χ1v) is 8.89. The van der Waals surface area contributed by atoms with E-state index in [1.165, 1.54) is 23.3 Å². The number of nitrogens with zero attached hydrogens (tertiary/aromatic N) is 1. The Kier molecular flexibility index (Phi) is 7.42. The van der Waals surface area contributed by atoms with Crippen LogP contribution < -0.4 is 11.1 Å². The topological polar surface area (TPSA) is 50.4 Å². The zero-order chi connectivity index (χ0) is 16.0. The lowest BCUT2D eigenvalue weighted by atomic mass is 10.1. The fourth-order valence-corrected chi connectivity index (χ4v) is 3.66. The van der Waals surface area contributed by atoms with E-state index in [4.69, 9.17) is 5.73 Å². The Labute approximate surface area is 165 Å². The van der Waals surface area contributed by atoms with Crippen molar-refractivity contribution in [1.29, 1.82) is 0 Å². The third-order valence-electron chi connectivity index (χ3n) is 3.99. The second-order valence-electron chi connectivity index (χ2n) is 5.96. The van der Waals surface area contributed by atoms with Crippen molar-refractivity contribution in [3.05, 3.63) is 66.2 Å². The van der Waals surface area contributed by atoms with Gasteiger partial charge in [0.25, 0.3) is 0 Å². The summed E-state index contributed by atoms with van der Waals surface area (Å²) >= 11 is 1.93. The van der Waals surface area contributed by atoms with Crippen molar-refractivity contribution in [3.8, 4) is 0 Å². The lowest BCUT2D eigenvalue weighted by Crippen LogP contribution is -2.34. The summed E-state index contributed by atoms with van der Waals surface area (Å²) in [6.07, 6.45) is 3.39. The van der Waals surface area contributed by atoms with E-state index in [1.54, 1.807) is 0 Å². The molecular formula is C19H24IN3S. The first-order chi connectivity index (χ1) is 11.3. The minimum Gasteiger partial charge on any atom is -0.370 e. The number of halogens is 1. The van der Waals surface area contributed by atoms with Gasteiger partial charge in [-0.15, -0.1) is 35.7 Å². The highest BCUT2D eigenvalue weighted by molar-refractivity contribution is 14.0. The number of guanidine groups is 1. The molecule has 24 heavy (non-hydrogen) atoms. The fourth-order valence-electron chi connectivity index (χ4n) is 2.44. The zero-order valence-electron chi connectivity index (χ0n) is 13.7.